The number of nitrogens with zero attached hydrogens (tertiary/aromatic N) is 1. The second kappa shape index (κ2) is 7.95. The number of hydrogen-bond donors (Lipinski definition) is 2. The Balaban J connectivity index is 1.45. The fraction of sp³-hybridized carbons (Fsp3) is 0.273. The summed E-state index contributed by atoms with van der Waals surface area (Å²) in [4.78, 5) is 27.8. The van der Waals surface area contributed by atoms with Gasteiger partial charge < -0.3 is 19.8 Å². The van der Waals surface area contributed by atoms with Crippen molar-refractivity contribution in [2.24, 2.45) is 0 Å². The molecule has 1 aromatic heterocycles. The number of carbonyl (C=O) groups is 1. The molecule has 9 nitrogen and oxygen atoms in total. The number of benzene rings is 2. The van der Waals surface area contributed by atoms with Crippen molar-refractivity contribution >= 4 is 26.8 Å². The van der Waals surface area contributed by atoms with Crippen LogP contribution in [-0.4, -0.2) is 43.5 Å². The molecule has 32 heavy (non-hydrogen) atoms. The van der Waals surface area contributed by atoms with Gasteiger partial charge in [0.2, 0.25) is 22.4 Å². The minimum atomic E-state index is -3.66. The van der Waals surface area contributed by atoms with Crippen molar-refractivity contribution in [1.29, 1.82) is 0 Å². The van der Waals surface area contributed by atoms with Crippen molar-refractivity contribution < 1.29 is 22.7 Å². The molecular weight excluding hydrogens is 434 g/mol. The van der Waals surface area contributed by atoms with Crippen LogP contribution in [0.25, 0.3) is 10.9 Å². The highest BCUT2D eigenvalue weighted by molar-refractivity contribution is 7.89. The molecule has 0 saturated carbocycles. The van der Waals surface area contributed by atoms with Gasteiger partial charge in [-0.05, 0) is 48.7 Å². The maximum Gasteiger partial charge on any atom is 0.252 e. The highest BCUT2D eigenvalue weighted by Gasteiger charge is 2.28. The van der Waals surface area contributed by atoms with E-state index in [1.54, 1.807) is 12.1 Å². The van der Waals surface area contributed by atoms with Gasteiger partial charge in [0.1, 0.15) is 0 Å². The summed E-state index contributed by atoms with van der Waals surface area (Å²) < 4.78 is 38.0. The van der Waals surface area contributed by atoms with Crippen LogP contribution in [0.3, 0.4) is 0 Å². The van der Waals surface area contributed by atoms with Gasteiger partial charge in [-0.15, -0.1) is 0 Å². The number of amides is 1. The summed E-state index contributed by atoms with van der Waals surface area (Å²) in [6, 6.07) is 11.0. The molecule has 2 aliphatic heterocycles. The van der Waals surface area contributed by atoms with Crippen LogP contribution in [0.5, 0.6) is 11.5 Å². The molecule has 3 heterocycles. The Morgan fingerprint density at radius 3 is 2.62 bits per heavy atom. The molecule has 2 aliphatic rings. The lowest BCUT2D eigenvalue weighted by Gasteiger charge is -2.16. The van der Waals surface area contributed by atoms with Crippen LogP contribution < -0.4 is 20.3 Å². The molecule has 0 aliphatic carbocycles. The summed E-state index contributed by atoms with van der Waals surface area (Å²) in [5, 5.41) is 3.16. The Morgan fingerprint density at radius 1 is 1.03 bits per heavy atom. The first-order valence-electron chi connectivity index (χ1n) is 10.3. The van der Waals surface area contributed by atoms with E-state index in [0.717, 1.165) is 18.4 Å². The monoisotopic (exact) mass is 455 g/mol. The lowest BCUT2D eigenvalue weighted by molar-refractivity contribution is 0.0952. The zero-order valence-corrected chi connectivity index (χ0v) is 17.9. The van der Waals surface area contributed by atoms with Gasteiger partial charge in [-0.1, -0.05) is 6.07 Å². The van der Waals surface area contributed by atoms with Crippen LogP contribution in [0.15, 0.2) is 52.2 Å². The molecule has 166 valence electrons. The van der Waals surface area contributed by atoms with E-state index < -0.39 is 21.5 Å². The second-order valence-electron chi connectivity index (χ2n) is 7.74. The highest BCUT2D eigenvalue weighted by atomic mass is 32.2. The largest absolute Gasteiger partial charge is 0.454 e. The molecule has 0 bridgehead atoms. The fourth-order valence-corrected chi connectivity index (χ4v) is 5.53. The standard InChI is InChI=1S/C22H21N3O6S/c26-21-11-17(22(27)23-12-14-3-6-19-20(9-14)31-13-30-19)16-10-15(4-5-18(16)24-21)32(28,29)25-7-1-2-8-25/h3-6,9-11H,1-2,7-8,12-13H2,(H,23,27)(H,24,26). The number of sulfonamides is 1. The number of nitrogens with one attached hydrogen (secondary N) is 2. The summed E-state index contributed by atoms with van der Waals surface area (Å²) in [7, 11) is -3.66. The Morgan fingerprint density at radius 2 is 1.81 bits per heavy atom. The van der Waals surface area contributed by atoms with Gasteiger partial charge in [-0.2, -0.15) is 4.31 Å². The van der Waals surface area contributed by atoms with Crippen molar-refractivity contribution in [2.75, 3.05) is 19.9 Å². The smallest absolute Gasteiger partial charge is 0.252 e. The third kappa shape index (κ3) is 3.71. The second-order valence-corrected chi connectivity index (χ2v) is 9.67. The lowest BCUT2D eigenvalue weighted by Crippen LogP contribution is -2.28. The number of carbonyl (C=O) groups excluding carboxylic acids is 1. The minimum Gasteiger partial charge on any atom is -0.454 e. The van der Waals surface area contributed by atoms with Crippen LogP contribution in [0.1, 0.15) is 28.8 Å². The summed E-state index contributed by atoms with van der Waals surface area (Å²) in [6.07, 6.45) is 1.65. The lowest BCUT2D eigenvalue weighted by atomic mass is 10.1. The predicted octanol–water partition coefficient (Wildman–Crippen LogP) is 1.97. The number of hydrogen-bond acceptors (Lipinski definition) is 6. The molecule has 3 aromatic rings. The topological polar surface area (TPSA) is 118 Å². The van der Waals surface area contributed by atoms with Gasteiger partial charge in [0.25, 0.3) is 5.91 Å². The molecule has 2 N–H and O–H groups in total. The van der Waals surface area contributed by atoms with Gasteiger partial charge in [-0.25, -0.2) is 8.42 Å². The first-order chi connectivity index (χ1) is 15.4. The van der Waals surface area contributed by atoms with E-state index >= 15 is 0 Å². The van der Waals surface area contributed by atoms with Crippen molar-refractivity contribution in [3.63, 3.8) is 0 Å². The van der Waals surface area contributed by atoms with E-state index in [1.807, 2.05) is 6.07 Å². The molecule has 5 rings (SSSR count). The Kier molecular flexibility index (Phi) is 5.10. The normalized spacial score (nSPS) is 15.9. The van der Waals surface area contributed by atoms with Crippen LogP contribution in [-0.2, 0) is 16.6 Å². The van der Waals surface area contributed by atoms with E-state index in [-0.39, 0.29) is 23.8 Å². The summed E-state index contributed by atoms with van der Waals surface area (Å²) in [5.74, 6) is 0.775. The molecule has 10 heteroatoms. The maximum atomic E-state index is 13.0. The van der Waals surface area contributed by atoms with E-state index in [0.29, 0.717) is 35.5 Å². The molecule has 1 fully saturated rings. The van der Waals surface area contributed by atoms with Gasteiger partial charge in [0, 0.05) is 36.6 Å². The van der Waals surface area contributed by atoms with Gasteiger partial charge in [-0.3, -0.25) is 9.59 Å². The zero-order chi connectivity index (χ0) is 22.3. The van der Waals surface area contributed by atoms with E-state index in [9.17, 15) is 18.0 Å². The summed E-state index contributed by atoms with van der Waals surface area (Å²) in [5.41, 5.74) is 0.865. The molecule has 0 spiro atoms. The first-order valence-corrected chi connectivity index (χ1v) is 11.7. The van der Waals surface area contributed by atoms with E-state index in [4.69, 9.17) is 9.47 Å². The highest BCUT2D eigenvalue weighted by Crippen LogP contribution is 2.32. The number of H-pyrrole nitrogens is 1. The van der Waals surface area contributed by atoms with Crippen LogP contribution in [0.4, 0.5) is 0 Å². The summed E-state index contributed by atoms with van der Waals surface area (Å²) in [6.45, 7) is 1.33. The zero-order valence-electron chi connectivity index (χ0n) is 17.1. The molecule has 0 atom stereocenters. The van der Waals surface area contributed by atoms with Crippen molar-refractivity contribution in [3.8, 4) is 11.5 Å². The molecule has 0 radical (unpaired) electrons. The van der Waals surface area contributed by atoms with E-state index in [1.165, 1.54) is 28.6 Å². The van der Waals surface area contributed by atoms with Crippen LogP contribution >= 0.6 is 0 Å². The number of ether oxygens (including phenoxy) is 2. The minimum absolute atomic E-state index is 0.101. The molecule has 0 unspecified atom stereocenters. The third-order valence-corrected chi connectivity index (χ3v) is 7.55. The van der Waals surface area contributed by atoms with Gasteiger partial charge in [0.05, 0.1) is 10.5 Å². The van der Waals surface area contributed by atoms with Crippen molar-refractivity contribution in [2.45, 2.75) is 24.3 Å². The number of aromatic amines is 1. The number of pyridine rings is 1. The Hall–Kier alpha value is -3.37. The first kappa shape index (κ1) is 20.5. The van der Waals surface area contributed by atoms with E-state index in [2.05, 4.69) is 10.3 Å². The SMILES string of the molecule is O=C(NCc1ccc2c(c1)OCO2)c1cc(=O)[nH]c2ccc(S(=O)(=O)N3CCCC3)cc12. The number of fused-ring (bicyclic) bond motifs is 2. The van der Waals surface area contributed by atoms with Gasteiger partial charge >= 0.3 is 0 Å². The third-order valence-electron chi connectivity index (χ3n) is 5.65. The quantitative estimate of drug-likeness (QED) is 0.607. The van der Waals surface area contributed by atoms with Crippen molar-refractivity contribution in [1.82, 2.24) is 14.6 Å². The Bertz CT molecular complexity index is 1380. The predicted molar refractivity (Wildman–Crippen MR) is 116 cm³/mol. The Labute approximate surface area is 184 Å². The maximum absolute atomic E-state index is 13.0. The molecule has 2 aromatic carbocycles. The van der Waals surface area contributed by atoms with Crippen LogP contribution in [0.2, 0.25) is 0 Å². The number of aromatic nitrogens is 1. The summed E-state index contributed by atoms with van der Waals surface area (Å²) >= 11 is 0. The average Bonchev–Trinajstić information content (AvgIpc) is 3.48. The van der Waals surface area contributed by atoms with Crippen LogP contribution in [0, 0.1) is 0 Å². The molecule has 1 amide bonds. The van der Waals surface area contributed by atoms with Crippen molar-refractivity contribution in [3.05, 3.63) is 63.9 Å². The fourth-order valence-electron chi connectivity index (χ4n) is 3.99. The molecular formula is C22H21N3O6S. The average molecular weight is 455 g/mol. The number of rotatable bonds is 5. The van der Waals surface area contributed by atoms with Gasteiger partial charge in [0.15, 0.2) is 11.5 Å². The molecule has 1 saturated heterocycles.